The SMILES string of the molecule is Cc1c(N)cccc1C(=O)N1CC2CCCCN2CC1C. The number of piperidine rings is 1. The van der Waals surface area contributed by atoms with Gasteiger partial charge < -0.3 is 10.6 Å². The molecular weight excluding hydrogens is 262 g/mol. The van der Waals surface area contributed by atoms with Gasteiger partial charge in [-0.05, 0) is 50.9 Å². The Bertz CT molecular complexity index is 543. The highest BCUT2D eigenvalue weighted by Crippen LogP contribution is 2.26. The van der Waals surface area contributed by atoms with E-state index in [9.17, 15) is 4.79 Å². The standard InChI is InChI=1S/C17H25N3O/c1-12-10-19-9-4-3-6-14(19)11-20(12)17(21)15-7-5-8-16(18)13(15)2/h5,7-8,12,14H,3-4,6,9-11,18H2,1-2H3. The molecule has 0 radical (unpaired) electrons. The van der Waals surface area contributed by atoms with Gasteiger partial charge in [-0.1, -0.05) is 12.5 Å². The van der Waals surface area contributed by atoms with Gasteiger partial charge in [0.05, 0.1) is 0 Å². The number of nitrogens with two attached hydrogens (primary N) is 1. The number of nitrogen functional groups attached to an aromatic ring is 1. The predicted molar refractivity (Wildman–Crippen MR) is 85.3 cm³/mol. The summed E-state index contributed by atoms with van der Waals surface area (Å²) in [4.78, 5) is 17.5. The molecule has 0 aromatic heterocycles. The van der Waals surface area contributed by atoms with E-state index in [1.165, 1.54) is 25.8 Å². The molecule has 114 valence electrons. The molecule has 2 atom stereocenters. The van der Waals surface area contributed by atoms with Crippen LogP contribution in [0.4, 0.5) is 5.69 Å². The van der Waals surface area contributed by atoms with Gasteiger partial charge in [0, 0.05) is 36.4 Å². The molecule has 1 amide bonds. The smallest absolute Gasteiger partial charge is 0.254 e. The van der Waals surface area contributed by atoms with Gasteiger partial charge in [0.2, 0.25) is 0 Å². The average Bonchev–Trinajstić information content (AvgIpc) is 2.48. The lowest BCUT2D eigenvalue weighted by Crippen LogP contribution is -2.60. The summed E-state index contributed by atoms with van der Waals surface area (Å²) in [6.45, 7) is 7.13. The second kappa shape index (κ2) is 5.68. The summed E-state index contributed by atoms with van der Waals surface area (Å²) in [5.74, 6) is 0.137. The fraction of sp³-hybridized carbons (Fsp3) is 0.588. The van der Waals surface area contributed by atoms with Crippen molar-refractivity contribution in [2.75, 3.05) is 25.4 Å². The van der Waals surface area contributed by atoms with Crippen LogP contribution in [0.2, 0.25) is 0 Å². The number of amides is 1. The number of nitrogens with zero attached hydrogens (tertiary/aromatic N) is 2. The molecule has 4 heteroatoms. The highest BCUT2D eigenvalue weighted by molar-refractivity contribution is 5.97. The average molecular weight is 287 g/mol. The van der Waals surface area contributed by atoms with Gasteiger partial charge >= 0.3 is 0 Å². The third-order valence-corrected chi connectivity index (χ3v) is 5.05. The molecule has 2 fully saturated rings. The minimum atomic E-state index is 0.137. The summed E-state index contributed by atoms with van der Waals surface area (Å²) in [5.41, 5.74) is 8.31. The molecule has 1 aromatic carbocycles. The topological polar surface area (TPSA) is 49.6 Å². The van der Waals surface area contributed by atoms with E-state index in [0.717, 1.165) is 24.2 Å². The number of benzene rings is 1. The van der Waals surface area contributed by atoms with Crippen LogP contribution in [-0.4, -0.2) is 47.4 Å². The number of carbonyl (C=O) groups excluding carboxylic acids is 1. The zero-order chi connectivity index (χ0) is 15.0. The number of hydrogen-bond acceptors (Lipinski definition) is 3. The Kier molecular flexibility index (Phi) is 3.89. The van der Waals surface area contributed by atoms with E-state index >= 15 is 0 Å². The molecule has 2 N–H and O–H groups in total. The molecule has 3 rings (SSSR count). The van der Waals surface area contributed by atoms with E-state index in [1.807, 2.05) is 30.0 Å². The Morgan fingerprint density at radius 3 is 2.90 bits per heavy atom. The van der Waals surface area contributed by atoms with E-state index in [4.69, 9.17) is 5.73 Å². The van der Waals surface area contributed by atoms with Gasteiger partial charge in [-0.15, -0.1) is 0 Å². The van der Waals surface area contributed by atoms with Crippen molar-refractivity contribution >= 4 is 11.6 Å². The highest BCUT2D eigenvalue weighted by atomic mass is 16.2. The Hall–Kier alpha value is -1.55. The quantitative estimate of drug-likeness (QED) is 0.806. The minimum Gasteiger partial charge on any atom is -0.398 e. The van der Waals surface area contributed by atoms with Crippen LogP contribution in [0.3, 0.4) is 0 Å². The maximum atomic E-state index is 12.9. The number of anilines is 1. The molecule has 2 aliphatic heterocycles. The first kappa shape index (κ1) is 14.4. The molecule has 2 heterocycles. The molecule has 0 saturated carbocycles. The van der Waals surface area contributed by atoms with Gasteiger partial charge in [-0.25, -0.2) is 0 Å². The molecule has 0 aliphatic carbocycles. The van der Waals surface area contributed by atoms with Gasteiger partial charge in [-0.3, -0.25) is 9.69 Å². The van der Waals surface area contributed by atoms with Crippen LogP contribution in [0.15, 0.2) is 18.2 Å². The predicted octanol–water partition coefficient (Wildman–Crippen LogP) is 2.28. The van der Waals surface area contributed by atoms with Crippen molar-refractivity contribution in [1.82, 2.24) is 9.80 Å². The molecule has 0 bridgehead atoms. The van der Waals surface area contributed by atoms with Crippen molar-refractivity contribution in [2.45, 2.75) is 45.2 Å². The van der Waals surface area contributed by atoms with Crippen molar-refractivity contribution in [3.05, 3.63) is 29.3 Å². The molecule has 0 spiro atoms. The Balaban J connectivity index is 1.82. The van der Waals surface area contributed by atoms with Crippen LogP contribution in [-0.2, 0) is 0 Å². The third-order valence-electron chi connectivity index (χ3n) is 5.05. The fourth-order valence-electron chi connectivity index (χ4n) is 3.68. The van der Waals surface area contributed by atoms with E-state index in [-0.39, 0.29) is 11.9 Å². The zero-order valence-electron chi connectivity index (χ0n) is 13.0. The second-order valence-corrected chi connectivity index (χ2v) is 6.47. The van der Waals surface area contributed by atoms with Crippen molar-refractivity contribution in [3.63, 3.8) is 0 Å². The number of fused-ring (bicyclic) bond motifs is 1. The van der Waals surface area contributed by atoms with Gasteiger partial charge in [0.1, 0.15) is 0 Å². The lowest BCUT2D eigenvalue weighted by atomic mass is 9.96. The normalized spacial score (nSPS) is 26.5. The largest absolute Gasteiger partial charge is 0.398 e. The molecular formula is C17H25N3O. The van der Waals surface area contributed by atoms with Gasteiger partial charge in [0.25, 0.3) is 5.91 Å². The van der Waals surface area contributed by atoms with E-state index in [2.05, 4.69) is 11.8 Å². The minimum absolute atomic E-state index is 0.137. The molecule has 2 saturated heterocycles. The van der Waals surface area contributed by atoms with Crippen LogP contribution in [0, 0.1) is 6.92 Å². The number of rotatable bonds is 1. The first-order chi connectivity index (χ1) is 10.1. The summed E-state index contributed by atoms with van der Waals surface area (Å²) in [5, 5.41) is 0. The maximum Gasteiger partial charge on any atom is 0.254 e. The van der Waals surface area contributed by atoms with E-state index in [0.29, 0.717) is 11.7 Å². The maximum absolute atomic E-state index is 12.9. The van der Waals surface area contributed by atoms with E-state index < -0.39 is 0 Å². The summed E-state index contributed by atoms with van der Waals surface area (Å²) in [6.07, 6.45) is 3.80. The summed E-state index contributed by atoms with van der Waals surface area (Å²) >= 11 is 0. The van der Waals surface area contributed by atoms with Crippen molar-refractivity contribution in [2.24, 2.45) is 0 Å². The third kappa shape index (κ3) is 2.64. The van der Waals surface area contributed by atoms with Crippen LogP contribution >= 0.6 is 0 Å². The summed E-state index contributed by atoms with van der Waals surface area (Å²) < 4.78 is 0. The molecule has 2 unspecified atom stereocenters. The molecule has 21 heavy (non-hydrogen) atoms. The Morgan fingerprint density at radius 1 is 1.29 bits per heavy atom. The molecule has 2 aliphatic rings. The number of hydrogen-bond donors (Lipinski definition) is 1. The fourth-order valence-corrected chi connectivity index (χ4v) is 3.68. The summed E-state index contributed by atoms with van der Waals surface area (Å²) in [6, 6.07) is 6.44. The lowest BCUT2D eigenvalue weighted by Gasteiger charge is -2.47. The second-order valence-electron chi connectivity index (χ2n) is 6.47. The van der Waals surface area contributed by atoms with E-state index in [1.54, 1.807) is 0 Å². The van der Waals surface area contributed by atoms with Gasteiger partial charge in [0.15, 0.2) is 0 Å². The van der Waals surface area contributed by atoms with Crippen molar-refractivity contribution in [1.29, 1.82) is 0 Å². The zero-order valence-corrected chi connectivity index (χ0v) is 13.0. The Morgan fingerprint density at radius 2 is 2.10 bits per heavy atom. The first-order valence-electron chi connectivity index (χ1n) is 7.98. The highest BCUT2D eigenvalue weighted by Gasteiger charge is 2.35. The van der Waals surface area contributed by atoms with Crippen molar-refractivity contribution < 1.29 is 4.79 Å². The van der Waals surface area contributed by atoms with Crippen LogP contribution in [0.5, 0.6) is 0 Å². The monoisotopic (exact) mass is 287 g/mol. The number of piperazine rings is 1. The van der Waals surface area contributed by atoms with Gasteiger partial charge in [-0.2, -0.15) is 0 Å². The van der Waals surface area contributed by atoms with Crippen molar-refractivity contribution in [3.8, 4) is 0 Å². The lowest BCUT2D eigenvalue weighted by molar-refractivity contribution is 0.0151. The summed E-state index contributed by atoms with van der Waals surface area (Å²) in [7, 11) is 0. The first-order valence-corrected chi connectivity index (χ1v) is 7.98. The molecule has 1 aromatic rings. The Labute approximate surface area is 126 Å². The van der Waals surface area contributed by atoms with Crippen LogP contribution in [0.25, 0.3) is 0 Å². The van der Waals surface area contributed by atoms with Crippen LogP contribution < -0.4 is 5.73 Å². The number of carbonyl (C=O) groups is 1. The van der Waals surface area contributed by atoms with Crippen LogP contribution in [0.1, 0.15) is 42.1 Å². The molecule has 4 nitrogen and oxygen atoms in total.